The Bertz CT molecular complexity index is 1310. The zero-order valence-electron chi connectivity index (χ0n) is 19.1. The van der Waals surface area contributed by atoms with Crippen LogP contribution in [0.1, 0.15) is 56.3 Å². The van der Waals surface area contributed by atoms with Crippen molar-refractivity contribution in [2.24, 2.45) is 5.92 Å². The average molecular weight is 479 g/mol. The quantitative estimate of drug-likeness (QED) is 0.432. The minimum absolute atomic E-state index is 0.0183. The summed E-state index contributed by atoms with van der Waals surface area (Å²) in [6.07, 6.45) is 9.92. The Morgan fingerprint density at radius 1 is 1.18 bits per heavy atom. The van der Waals surface area contributed by atoms with Gasteiger partial charge in [0.2, 0.25) is 5.91 Å². The van der Waals surface area contributed by atoms with Gasteiger partial charge in [-0.1, -0.05) is 19.3 Å². The molecule has 34 heavy (non-hydrogen) atoms. The maximum absolute atomic E-state index is 13.4. The lowest BCUT2D eigenvalue weighted by Crippen LogP contribution is -2.42. The number of carboxylic acids is 1. The summed E-state index contributed by atoms with van der Waals surface area (Å²) in [7, 11) is 0. The standard InChI is InChI=1S/C24H26N6O3S/c1-15(2)30(23(31)16-7-4-3-5-8-16)22-17(24(32)33)14-29(27-22)21-10-9-19(34-21)18-13-20-25-11-6-12-28(20)26-18/h6,9-16H,3-5,7-8H2,1-2H3,(H,32,33). The molecule has 0 unspecified atom stereocenters. The van der Waals surface area contributed by atoms with Crippen molar-refractivity contribution in [2.75, 3.05) is 4.90 Å². The van der Waals surface area contributed by atoms with Gasteiger partial charge >= 0.3 is 5.97 Å². The van der Waals surface area contributed by atoms with Crippen molar-refractivity contribution < 1.29 is 14.7 Å². The Morgan fingerprint density at radius 2 is 1.97 bits per heavy atom. The van der Waals surface area contributed by atoms with Crippen molar-refractivity contribution in [3.63, 3.8) is 0 Å². The van der Waals surface area contributed by atoms with Crippen LogP contribution >= 0.6 is 11.3 Å². The van der Waals surface area contributed by atoms with Crippen LogP contribution in [0.3, 0.4) is 0 Å². The molecule has 1 saturated carbocycles. The van der Waals surface area contributed by atoms with E-state index in [2.05, 4.69) is 15.2 Å². The smallest absolute Gasteiger partial charge is 0.341 e. The largest absolute Gasteiger partial charge is 0.477 e. The lowest BCUT2D eigenvalue weighted by atomic mass is 9.88. The molecule has 4 aromatic heterocycles. The second-order valence-corrected chi connectivity index (χ2v) is 9.91. The van der Waals surface area contributed by atoms with Gasteiger partial charge in [0.25, 0.3) is 0 Å². The Hall–Kier alpha value is -3.53. The summed E-state index contributed by atoms with van der Waals surface area (Å²) in [4.78, 5) is 32.3. The second kappa shape index (κ2) is 9.02. The Morgan fingerprint density at radius 3 is 2.68 bits per heavy atom. The van der Waals surface area contributed by atoms with E-state index >= 15 is 0 Å². The van der Waals surface area contributed by atoms with E-state index in [0.717, 1.165) is 53.3 Å². The molecule has 0 aromatic carbocycles. The first kappa shape index (κ1) is 22.3. The Kier molecular flexibility index (Phi) is 5.91. The van der Waals surface area contributed by atoms with E-state index in [1.807, 2.05) is 44.3 Å². The highest BCUT2D eigenvalue weighted by Crippen LogP contribution is 2.33. The highest BCUT2D eigenvalue weighted by molar-refractivity contribution is 7.17. The summed E-state index contributed by atoms with van der Waals surface area (Å²) in [6, 6.07) is 7.31. The SMILES string of the molecule is CC(C)N(C(=O)C1CCCCC1)c1nn(-c2ccc(-c3cc4ncccn4n3)s2)cc1C(=O)O. The number of fused-ring (bicyclic) bond motifs is 1. The molecule has 4 aromatic rings. The third-order valence-electron chi connectivity index (χ3n) is 6.17. The first-order valence-electron chi connectivity index (χ1n) is 11.5. The number of anilines is 1. The fraction of sp³-hybridized carbons (Fsp3) is 0.375. The van der Waals surface area contributed by atoms with Crippen molar-refractivity contribution >= 4 is 34.7 Å². The maximum atomic E-state index is 13.4. The van der Waals surface area contributed by atoms with E-state index in [4.69, 9.17) is 0 Å². The number of hydrogen-bond acceptors (Lipinski definition) is 6. The van der Waals surface area contributed by atoms with Crippen LogP contribution < -0.4 is 4.90 Å². The monoisotopic (exact) mass is 478 g/mol. The van der Waals surface area contributed by atoms with E-state index < -0.39 is 5.97 Å². The number of nitrogens with zero attached hydrogens (tertiary/aromatic N) is 6. The van der Waals surface area contributed by atoms with Crippen LogP contribution in [0.5, 0.6) is 0 Å². The van der Waals surface area contributed by atoms with Crippen LogP contribution in [0.25, 0.3) is 21.2 Å². The van der Waals surface area contributed by atoms with Crippen molar-refractivity contribution in [1.29, 1.82) is 0 Å². The van der Waals surface area contributed by atoms with Gasteiger partial charge in [0.1, 0.15) is 16.3 Å². The maximum Gasteiger partial charge on any atom is 0.341 e. The zero-order chi connectivity index (χ0) is 23.8. The van der Waals surface area contributed by atoms with Gasteiger partial charge in [-0.2, -0.15) is 5.10 Å². The molecule has 176 valence electrons. The molecule has 9 nitrogen and oxygen atoms in total. The van der Waals surface area contributed by atoms with Crippen LogP contribution in [-0.4, -0.2) is 47.4 Å². The van der Waals surface area contributed by atoms with Gasteiger partial charge in [-0.05, 0) is 44.9 Å². The fourth-order valence-corrected chi connectivity index (χ4v) is 5.38. The van der Waals surface area contributed by atoms with Crippen LogP contribution in [-0.2, 0) is 4.79 Å². The minimum Gasteiger partial charge on any atom is -0.477 e. The molecule has 0 aliphatic heterocycles. The van der Waals surface area contributed by atoms with Crippen LogP contribution in [0.15, 0.2) is 42.9 Å². The van der Waals surface area contributed by atoms with Crippen molar-refractivity contribution in [3.8, 4) is 15.6 Å². The minimum atomic E-state index is -1.11. The first-order valence-corrected chi connectivity index (χ1v) is 12.3. The van der Waals surface area contributed by atoms with Gasteiger partial charge in [-0.3, -0.25) is 9.69 Å². The third-order valence-corrected chi connectivity index (χ3v) is 7.27. The third kappa shape index (κ3) is 4.09. The predicted octanol–water partition coefficient (Wildman–Crippen LogP) is 4.66. The highest BCUT2D eigenvalue weighted by Gasteiger charge is 2.33. The molecule has 4 heterocycles. The number of hydrogen-bond donors (Lipinski definition) is 1. The lowest BCUT2D eigenvalue weighted by molar-refractivity contribution is -0.123. The van der Waals surface area contributed by atoms with Crippen molar-refractivity contribution in [1.82, 2.24) is 24.4 Å². The summed E-state index contributed by atoms with van der Waals surface area (Å²) >= 11 is 1.45. The van der Waals surface area contributed by atoms with E-state index in [0.29, 0.717) is 0 Å². The summed E-state index contributed by atoms with van der Waals surface area (Å²) in [5.74, 6) is -1.03. The number of carboxylic acid groups (broad SMARTS) is 1. The summed E-state index contributed by atoms with van der Waals surface area (Å²) in [5, 5.41) is 19.8. The molecule has 1 amide bonds. The molecular weight excluding hydrogens is 452 g/mol. The van der Waals surface area contributed by atoms with Crippen molar-refractivity contribution in [3.05, 3.63) is 48.4 Å². The van der Waals surface area contributed by atoms with Gasteiger partial charge in [-0.25, -0.2) is 19.0 Å². The number of amides is 1. The normalized spacial score (nSPS) is 14.7. The molecular formula is C24H26N6O3S. The Labute approximate surface area is 200 Å². The number of thiophene rings is 1. The van der Waals surface area contributed by atoms with E-state index in [1.54, 1.807) is 20.3 Å². The van der Waals surface area contributed by atoms with Gasteiger partial charge in [0, 0.05) is 36.6 Å². The summed E-state index contributed by atoms with van der Waals surface area (Å²) in [6.45, 7) is 3.79. The number of carbonyl (C=O) groups excluding carboxylic acids is 1. The van der Waals surface area contributed by atoms with E-state index in [1.165, 1.54) is 17.5 Å². The average Bonchev–Trinajstić information content (AvgIpc) is 3.57. The van der Waals surface area contributed by atoms with Gasteiger partial charge in [0.05, 0.1) is 4.88 Å². The van der Waals surface area contributed by atoms with Gasteiger partial charge in [-0.15, -0.1) is 16.4 Å². The van der Waals surface area contributed by atoms with Crippen LogP contribution in [0.2, 0.25) is 0 Å². The highest BCUT2D eigenvalue weighted by atomic mass is 32.1. The first-order chi connectivity index (χ1) is 16.4. The van der Waals surface area contributed by atoms with E-state index in [-0.39, 0.29) is 29.2 Å². The van der Waals surface area contributed by atoms with E-state index in [9.17, 15) is 14.7 Å². The summed E-state index contributed by atoms with van der Waals surface area (Å²) < 4.78 is 3.26. The van der Waals surface area contributed by atoms with Gasteiger partial charge in [0.15, 0.2) is 11.5 Å². The molecule has 1 aliphatic carbocycles. The molecule has 5 rings (SSSR count). The number of aromatic carboxylic acids is 1. The lowest BCUT2D eigenvalue weighted by Gasteiger charge is -2.31. The van der Waals surface area contributed by atoms with Crippen molar-refractivity contribution in [2.45, 2.75) is 52.0 Å². The van der Waals surface area contributed by atoms with Crippen LogP contribution in [0, 0.1) is 5.92 Å². The Balaban J connectivity index is 1.50. The molecule has 1 fully saturated rings. The number of carbonyl (C=O) groups is 2. The molecule has 0 bridgehead atoms. The molecule has 0 saturated heterocycles. The molecule has 0 spiro atoms. The molecule has 1 aliphatic rings. The topological polar surface area (TPSA) is 106 Å². The number of aromatic nitrogens is 5. The fourth-order valence-electron chi connectivity index (χ4n) is 4.50. The molecule has 1 N–H and O–H groups in total. The van der Waals surface area contributed by atoms with Gasteiger partial charge < -0.3 is 5.11 Å². The van der Waals surface area contributed by atoms with Crippen LogP contribution in [0.4, 0.5) is 5.82 Å². The zero-order valence-corrected chi connectivity index (χ0v) is 19.9. The second-order valence-electron chi connectivity index (χ2n) is 8.84. The molecule has 10 heteroatoms. The summed E-state index contributed by atoms with van der Waals surface area (Å²) in [5.41, 5.74) is 1.54. The predicted molar refractivity (Wildman–Crippen MR) is 130 cm³/mol. The number of rotatable bonds is 6. The molecule has 0 radical (unpaired) electrons. The molecule has 0 atom stereocenters.